The van der Waals surface area contributed by atoms with E-state index in [4.69, 9.17) is 9.47 Å². The largest absolute Gasteiger partial charge is 0.486 e. The Balaban J connectivity index is 1.50. The third-order valence-electron chi connectivity index (χ3n) is 5.17. The summed E-state index contributed by atoms with van der Waals surface area (Å²) in [6, 6.07) is 11.6. The summed E-state index contributed by atoms with van der Waals surface area (Å²) in [4.78, 5) is 13.0. The lowest BCUT2D eigenvalue weighted by Crippen LogP contribution is -2.40. The molecule has 1 aliphatic carbocycles. The molecule has 2 aromatic rings. The molecule has 1 saturated carbocycles. The highest BCUT2D eigenvalue weighted by Gasteiger charge is 2.34. The van der Waals surface area contributed by atoms with Crippen molar-refractivity contribution in [2.45, 2.75) is 50.1 Å². The number of fused-ring (bicyclic) bond motifs is 1. The van der Waals surface area contributed by atoms with Gasteiger partial charge in [-0.1, -0.05) is 6.07 Å². The van der Waals surface area contributed by atoms with Gasteiger partial charge in [0.1, 0.15) is 13.2 Å². The average Bonchev–Trinajstić information content (AvgIpc) is 3.55. The van der Waals surface area contributed by atoms with Crippen LogP contribution in [0, 0.1) is 5.92 Å². The van der Waals surface area contributed by atoms with Crippen molar-refractivity contribution < 1.29 is 22.7 Å². The molecule has 0 spiro atoms. The second kappa shape index (κ2) is 8.16. The maximum atomic E-state index is 12.9. The number of hydrogen-bond acceptors (Lipinski definition) is 5. The van der Waals surface area contributed by atoms with E-state index in [0.717, 1.165) is 24.2 Å². The molecule has 166 valence electrons. The molecular weight excluding hydrogens is 416 g/mol. The van der Waals surface area contributed by atoms with Crippen molar-refractivity contribution in [3.63, 3.8) is 0 Å². The van der Waals surface area contributed by atoms with Gasteiger partial charge in [-0.3, -0.25) is 4.79 Å². The topological polar surface area (TPSA) is 93.7 Å². The molecule has 1 fully saturated rings. The van der Waals surface area contributed by atoms with Crippen LogP contribution in [0.2, 0.25) is 0 Å². The lowest BCUT2D eigenvalue weighted by molar-refractivity contribution is 0.0931. The number of nitrogens with one attached hydrogen (secondary N) is 2. The maximum Gasteiger partial charge on any atom is 0.251 e. The zero-order valence-electron chi connectivity index (χ0n) is 18.0. The lowest BCUT2D eigenvalue weighted by Gasteiger charge is -2.23. The van der Waals surface area contributed by atoms with Crippen LogP contribution in [0.15, 0.2) is 47.4 Å². The number of amides is 1. The molecule has 2 aromatic carbocycles. The van der Waals surface area contributed by atoms with Gasteiger partial charge in [0.2, 0.25) is 10.0 Å². The fourth-order valence-electron chi connectivity index (χ4n) is 3.63. The Kier molecular flexibility index (Phi) is 5.70. The molecule has 0 radical (unpaired) electrons. The Hall–Kier alpha value is -2.58. The highest BCUT2D eigenvalue weighted by atomic mass is 32.2. The zero-order valence-corrected chi connectivity index (χ0v) is 18.8. The molecule has 8 heteroatoms. The zero-order chi connectivity index (χ0) is 22.2. The second-order valence-corrected chi connectivity index (χ2v) is 10.8. The van der Waals surface area contributed by atoms with E-state index in [1.165, 1.54) is 12.1 Å². The van der Waals surface area contributed by atoms with E-state index in [0.29, 0.717) is 30.4 Å². The minimum atomic E-state index is -3.65. The Labute approximate surface area is 183 Å². The molecular formula is C23H28N2O5S. The van der Waals surface area contributed by atoms with Gasteiger partial charge in [-0.15, -0.1) is 0 Å². The van der Waals surface area contributed by atoms with E-state index >= 15 is 0 Å². The molecule has 1 aliphatic heterocycles. The van der Waals surface area contributed by atoms with Crippen LogP contribution >= 0.6 is 0 Å². The highest BCUT2D eigenvalue weighted by molar-refractivity contribution is 7.89. The average molecular weight is 445 g/mol. The monoisotopic (exact) mass is 444 g/mol. The first-order chi connectivity index (χ1) is 14.6. The first kappa shape index (κ1) is 21.6. The molecule has 2 N–H and O–H groups in total. The normalized spacial score (nSPS) is 17.1. The fraction of sp³-hybridized carbons (Fsp3) is 0.435. The van der Waals surface area contributed by atoms with Crippen LogP contribution in [0.1, 0.15) is 55.6 Å². The predicted molar refractivity (Wildman–Crippen MR) is 117 cm³/mol. The van der Waals surface area contributed by atoms with E-state index < -0.39 is 15.6 Å². The van der Waals surface area contributed by atoms with Crippen molar-refractivity contribution in [2.24, 2.45) is 5.92 Å². The standard InChI is InChI=1S/C23H28N2O5S/c1-23(2,3)25-31(27,28)18-9-6-16(7-10-18)22(26)24-21(15-4-5-15)17-8-11-19-20(14-17)30-13-12-29-19/h6-11,14-15,21,25H,4-5,12-13H2,1-3H3,(H,24,26). The van der Waals surface area contributed by atoms with Crippen LogP contribution in [-0.2, 0) is 10.0 Å². The van der Waals surface area contributed by atoms with Crippen LogP contribution in [0.3, 0.4) is 0 Å². The molecule has 1 heterocycles. The summed E-state index contributed by atoms with van der Waals surface area (Å²) in [7, 11) is -3.65. The Morgan fingerprint density at radius 2 is 1.65 bits per heavy atom. The first-order valence-electron chi connectivity index (χ1n) is 10.5. The van der Waals surface area contributed by atoms with Crippen molar-refractivity contribution >= 4 is 15.9 Å². The molecule has 0 saturated heterocycles. The number of sulfonamides is 1. The molecule has 2 aliphatic rings. The third kappa shape index (κ3) is 5.19. The summed E-state index contributed by atoms with van der Waals surface area (Å²) in [5, 5.41) is 3.11. The summed E-state index contributed by atoms with van der Waals surface area (Å²) in [5.41, 5.74) is 0.808. The minimum absolute atomic E-state index is 0.129. The Morgan fingerprint density at radius 1 is 1.00 bits per heavy atom. The Morgan fingerprint density at radius 3 is 2.26 bits per heavy atom. The van der Waals surface area contributed by atoms with Crippen LogP contribution in [-0.4, -0.2) is 33.1 Å². The first-order valence-corrected chi connectivity index (χ1v) is 12.0. The van der Waals surface area contributed by atoms with Crippen molar-refractivity contribution in [1.29, 1.82) is 0 Å². The number of rotatable bonds is 6. The maximum absolute atomic E-state index is 12.9. The van der Waals surface area contributed by atoms with Gasteiger partial charge in [-0.25, -0.2) is 13.1 Å². The number of benzene rings is 2. The quantitative estimate of drug-likeness (QED) is 0.712. The summed E-state index contributed by atoms with van der Waals surface area (Å²) >= 11 is 0. The molecule has 7 nitrogen and oxygen atoms in total. The van der Waals surface area contributed by atoms with Gasteiger partial charge < -0.3 is 14.8 Å². The SMILES string of the molecule is CC(C)(C)NS(=O)(=O)c1ccc(C(=O)NC(c2ccc3c(c2)OCCO3)C2CC2)cc1. The van der Waals surface area contributed by atoms with E-state index in [1.54, 1.807) is 32.9 Å². The number of hydrogen-bond donors (Lipinski definition) is 2. The van der Waals surface area contributed by atoms with E-state index in [9.17, 15) is 13.2 Å². The van der Waals surface area contributed by atoms with Crippen LogP contribution in [0.5, 0.6) is 11.5 Å². The van der Waals surface area contributed by atoms with Gasteiger partial charge in [0.05, 0.1) is 10.9 Å². The van der Waals surface area contributed by atoms with E-state index in [2.05, 4.69) is 10.0 Å². The summed E-state index contributed by atoms with van der Waals surface area (Å²) in [6.07, 6.45) is 2.10. The fourth-order valence-corrected chi connectivity index (χ4v) is 5.05. The molecule has 31 heavy (non-hydrogen) atoms. The van der Waals surface area contributed by atoms with Crippen molar-refractivity contribution in [3.8, 4) is 11.5 Å². The lowest BCUT2D eigenvalue weighted by atomic mass is 10.0. The van der Waals surface area contributed by atoms with Gasteiger partial charge >= 0.3 is 0 Å². The van der Waals surface area contributed by atoms with Crippen LogP contribution < -0.4 is 19.5 Å². The summed E-state index contributed by atoms with van der Waals surface area (Å²) < 4.78 is 38.8. The molecule has 0 bridgehead atoms. The van der Waals surface area contributed by atoms with Gasteiger partial charge in [0.25, 0.3) is 5.91 Å². The van der Waals surface area contributed by atoms with Crippen molar-refractivity contribution in [3.05, 3.63) is 53.6 Å². The Bertz CT molecular complexity index is 1070. The second-order valence-electron chi connectivity index (χ2n) is 9.07. The molecule has 1 amide bonds. The number of ether oxygens (including phenoxy) is 2. The number of carbonyl (C=O) groups is 1. The molecule has 0 aromatic heterocycles. The van der Waals surface area contributed by atoms with E-state index in [1.807, 2.05) is 18.2 Å². The van der Waals surface area contributed by atoms with Crippen LogP contribution in [0.4, 0.5) is 0 Å². The van der Waals surface area contributed by atoms with Gasteiger partial charge in [-0.05, 0) is 81.5 Å². The van der Waals surface area contributed by atoms with Crippen molar-refractivity contribution in [2.75, 3.05) is 13.2 Å². The highest BCUT2D eigenvalue weighted by Crippen LogP contribution is 2.43. The number of carbonyl (C=O) groups excluding carboxylic acids is 1. The molecule has 4 rings (SSSR count). The molecule has 1 atom stereocenters. The van der Waals surface area contributed by atoms with Gasteiger partial charge in [0.15, 0.2) is 11.5 Å². The predicted octanol–water partition coefficient (Wildman–Crippen LogP) is 3.42. The van der Waals surface area contributed by atoms with E-state index in [-0.39, 0.29) is 16.8 Å². The smallest absolute Gasteiger partial charge is 0.251 e. The molecule has 1 unspecified atom stereocenters. The minimum Gasteiger partial charge on any atom is -0.486 e. The van der Waals surface area contributed by atoms with Crippen LogP contribution in [0.25, 0.3) is 0 Å². The van der Waals surface area contributed by atoms with Crippen molar-refractivity contribution in [1.82, 2.24) is 10.0 Å². The van der Waals surface area contributed by atoms with Gasteiger partial charge in [-0.2, -0.15) is 0 Å². The summed E-state index contributed by atoms with van der Waals surface area (Å²) in [5.74, 6) is 1.56. The third-order valence-corrected chi connectivity index (χ3v) is 6.95. The van der Waals surface area contributed by atoms with Gasteiger partial charge in [0, 0.05) is 11.1 Å². The summed E-state index contributed by atoms with van der Waals surface area (Å²) in [6.45, 7) is 6.38.